The maximum absolute atomic E-state index is 5.58. The smallest absolute Gasteiger partial charge is 0.127 e. The van der Waals surface area contributed by atoms with Gasteiger partial charge in [-0.1, -0.05) is 20.3 Å². The summed E-state index contributed by atoms with van der Waals surface area (Å²) < 4.78 is 5.58. The second-order valence-electron chi connectivity index (χ2n) is 3.95. The zero-order chi connectivity index (χ0) is 13.4. The second-order valence-corrected chi connectivity index (χ2v) is 3.95. The summed E-state index contributed by atoms with van der Waals surface area (Å²) >= 11 is 0. The molecule has 0 spiro atoms. The highest BCUT2D eigenvalue weighted by molar-refractivity contribution is 5.45. The highest BCUT2D eigenvalue weighted by Crippen LogP contribution is 2.22. The van der Waals surface area contributed by atoms with Gasteiger partial charge in [0.05, 0.1) is 0 Å². The monoisotopic (exact) mass is 244 g/mol. The molecule has 0 fully saturated rings. The van der Waals surface area contributed by atoms with Gasteiger partial charge in [0, 0.05) is 11.4 Å². The first-order valence-electron chi connectivity index (χ1n) is 6.04. The molecule has 2 aromatic rings. The van der Waals surface area contributed by atoms with Gasteiger partial charge in [-0.2, -0.15) is 0 Å². The summed E-state index contributed by atoms with van der Waals surface area (Å²) in [6, 6.07) is 14.5. The number of benzene rings is 2. The molecular weight excluding hydrogens is 224 g/mol. The minimum absolute atomic E-state index is 0.722. The third-order valence-electron chi connectivity index (χ3n) is 2.00. The fraction of sp³-hybridized carbons (Fsp3) is 0.200. The summed E-state index contributed by atoms with van der Waals surface area (Å²) in [6.45, 7) is 4.25. The Morgan fingerprint density at radius 3 is 1.28 bits per heavy atom. The molecule has 2 aromatic carbocycles. The highest BCUT2D eigenvalue weighted by atomic mass is 16.5. The van der Waals surface area contributed by atoms with Crippen molar-refractivity contribution < 1.29 is 4.74 Å². The van der Waals surface area contributed by atoms with Gasteiger partial charge in [0.1, 0.15) is 11.5 Å². The molecule has 0 saturated heterocycles. The van der Waals surface area contributed by atoms with Crippen LogP contribution in [-0.2, 0) is 0 Å². The highest BCUT2D eigenvalue weighted by Gasteiger charge is 1.96. The molecule has 0 bridgehead atoms. The van der Waals surface area contributed by atoms with Gasteiger partial charge in [0.25, 0.3) is 0 Å². The standard InChI is InChI=1S/C12H12N2O.C3H8/c13-9-1-5-11(6-2-9)15-12-7-3-10(14)4-8-12;1-3-2/h1-8H,13-14H2;3H2,1-2H3. The molecule has 0 aliphatic heterocycles. The van der Waals surface area contributed by atoms with Crippen LogP contribution >= 0.6 is 0 Å². The summed E-state index contributed by atoms with van der Waals surface area (Å²) in [7, 11) is 0. The number of ether oxygens (including phenoxy) is 1. The van der Waals surface area contributed by atoms with Crippen LogP contribution in [0.15, 0.2) is 48.5 Å². The first-order valence-corrected chi connectivity index (χ1v) is 6.04. The number of nitrogen functional groups attached to an aromatic ring is 2. The summed E-state index contributed by atoms with van der Waals surface area (Å²) in [5.74, 6) is 1.52. The Hall–Kier alpha value is -2.16. The minimum atomic E-state index is 0.722. The predicted octanol–water partition coefficient (Wildman–Crippen LogP) is 4.06. The van der Waals surface area contributed by atoms with E-state index in [-0.39, 0.29) is 0 Å². The molecule has 0 unspecified atom stereocenters. The zero-order valence-corrected chi connectivity index (χ0v) is 10.9. The zero-order valence-electron chi connectivity index (χ0n) is 10.9. The average Bonchev–Trinajstić information content (AvgIpc) is 2.36. The van der Waals surface area contributed by atoms with Gasteiger partial charge in [-0.05, 0) is 48.5 Å². The minimum Gasteiger partial charge on any atom is -0.457 e. The molecule has 3 nitrogen and oxygen atoms in total. The van der Waals surface area contributed by atoms with Crippen LogP contribution in [0.2, 0.25) is 0 Å². The van der Waals surface area contributed by atoms with Gasteiger partial charge in [-0.25, -0.2) is 0 Å². The molecule has 0 saturated carbocycles. The van der Waals surface area contributed by atoms with Crippen molar-refractivity contribution >= 4 is 11.4 Å². The molecule has 0 radical (unpaired) electrons. The Morgan fingerprint density at radius 2 is 1.00 bits per heavy atom. The number of hydrogen-bond acceptors (Lipinski definition) is 3. The Balaban J connectivity index is 0.000000492. The van der Waals surface area contributed by atoms with E-state index in [0.29, 0.717) is 0 Å². The topological polar surface area (TPSA) is 61.3 Å². The molecule has 0 aliphatic rings. The lowest BCUT2D eigenvalue weighted by atomic mass is 10.3. The molecular formula is C15H20N2O. The maximum atomic E-state index is 5.58. The molecule has 0 aliphatic carbocycles. The van der Waals surface area contributed by atoms with Crippen molar-refractivity contribution in [3.05, 3.63) is 48.5 Å². The van der Waals surface area contributed by atoms with Crippen LogP contribution in [0.1, 0.15) is 20.3 Å². The number of anilines is 2. The largest absolute Gasteiger partial charge is 0.457 e. The predicted molar refractivity (Wildman–Crippen MR) is 77.7 cm³/mol. The molecule has 0 aromatic heterocycles. The van der Waals surface area contributed by atoms with E-state index in [1.54, 1.807) is 24.3 Å². The molecule has 4 N–H and O–H groups in total. The van der Waals surface area contributed by atoms with Crippen molar-refractivity contribution in [1.29, 1.82) is 0 Å². The molecule has 2 rings (SSSR count). The van der Waals surface area contributed by atoms with E-state index in [1.165, 1.54) is 6.42 Å². The Morgan fingerprint density at radius 1 is 0.722 bits per heavy atom. The van der Waals surface area contributed by atoms with Gasteiger partial charge in [0.2, 0.25) is 0 Å². The van der Waals surface area contributed by atoms with Crippen LogP contribution in [0, 0.1) is 0 Å². The van der Waals surface area contributed by atoms with E-state index >= 15 is 0 Å². The maximum Gasteiger partial charge on any atom is 0.127 e. The number of rotatable bonds is 2. The van der Waals surface area contributed by atoms with Crippen molar-refractivity contribution in [2.45, 2.75) is 20.3 Å². The van der Waals surface area contributed by atoms with Crippen molar-refractivity contribution in [2.75, 3.05) is 11.5 Å². The third-order valence-corrected chi connectivity index (χ3v) is 2.00. The lowest BCUT2D eigenvalue weighted by Crippen LogP contribution is -1.87. The van der Waals surface area contributed by atoms with E-state index in [0.717, 1.165) is 22.9 Å². The van der Waals surface area contributed by atoms with Gasteiger partial charge in [0.15, 0.2) is 0 Å². The molecule has 0 amide bonds. The first kappa shape index (κ1) is 13.9. The lowest BCUT2D eigenvalue weighted by Gasteiger charge is -2.05. The Bertz CT molecular complexity index is 405. The molecule has 0 heterocycles. The van der Waals surface area contributed by atoms with E-state index in [4.69, 9.17) is 16.2 Å². The first-order chi connectivity index (χ1) is 8.65. The van der Waals surface area contributed by atoms with Crippen LogP contribution in [0.4, 0.5) is 11.4 Å². The van der Waals surface area contributed by atoms with Gasteiger partial charge < -0.3 is 16.2 Å². The quantitative estimate of drug-likeness (QED) is 0.783. The molecule has 3 heteroatoms. The molecule has 96 valence electrons. The van der Waals surface area contributed by atoms with Gasteiger partial charge in [-0.3, -0.25) is 0 Å². The third kappa shape index (κ3) is 4.78. The normalized spacial score (nSPS) is 9.22. The second kappa shape index (κ2) is 7.22. The fourth-order valence-corrected chi connectivity index (χ4v) is 1.21. The van der Waals surface area contributed by atoms with Crippen LogP contribution in [-0.4, -0.2) is 0 Å². The van der Waals surface area contributed by atoms with Crippen LogP contribution in [0.25, 0.3) is 0 Å². The van der Waals surface area contributed by atoms with Crippen molar-refractivity contribution in [2.24, 2.45) is 0 Å². The van der Waals surface area contributed by atoms with Crippen LogP contribution < -0.4 is 16.2 Å². The fourth-order valence-electron chi connectivity index (χ4n) is 1.21. The number of hydrogen-bond donors (Lipinski definition) is 2. The lowest BCUT2D eigenvalue weighted by molar-refractivity contribution is 0.483. The van der Waals surface area contributed by atoms with Crippen LogP contribution in [0.5, 0.6) is 11.5 Å². The average molecular weight is 244 g/mol. The van der Waals surface area contributed by atoms with Crippen molar-refractivity contribution in [3.63, 3.8) is 0 Å². The SMILES string of the molecule is CCC.Nc1ccc(Oc2ccc(N)cc2)cc1. The van der Waals surface area contributed by atoms with Gasteiger partial charge >= 0.3 is 0 Å². The summed E-state index contributed by atoms with van der Waals surface area (Å²) in [5.41, 5.74) is 12.6. The molecule has 18 heavy (non-hydrogen) atoms. The van der Waals surface area contributed by atoms with E-state index in [1.807, 2.05) is 24.3 Å². The summed E-state index contributed by atoms with van der Waals surface area (Å²) in [5, 5.41) is 0. The number of nitrogens with two attached hydrogens (primary N) is 2. The van der Waals surface area contributed by atoms with E-state index in [9.17, 15) is 0 Å². The summed E-state index contributed by atoms with van der Waals surface area (Å²) in [6.07, 6.45) is 1.25. The molecule has 0 atom stereocenters. The Kier molecular flexibility index (Phi) is 5.58. The van der Waals surface area contributed by atoms with Crippen LogP contribution in [0.3, 0.4) is 0 Å². The van der Waals surface area contributed by atoms with Gasteiger partial charge in [-0.15, -0.1) is 0 Å². The van der Waals surface area contributed by atoms with Crippen molar-refractivity contribution in [3.8, 4) is 11.5 Å². The summed E-state index contributed by atoms with van der Waals surface area (Å²) in [4.78, 5) is 0. The van der Waals surface area contributed by atoms with E-state index in [2.05, 4.69) is 13.8 Å². The Labute approximate surface area is 108 Å². The van der Waals surface area contributed by atoms with E-state index < -0.39 is 0 Å². The van der Waals surface area contributed by atoms with Crippen molar-refractivity contribution in [1.82, 2.24) is 0 Å².